The first-order valence-corrected chi connectivity index (χ1v) is 5.02. The van der Waals surface area contributed by atoms with Crippen LogP contribution in [0, 0.1) is 0 Å². The fraction of sp³-hybridized carbons (Fsp3) is 0.364. The molecule has 0 radical (unpaired) electrons. The Morgan fingerprint density at radius 1 is 1.50 bits per heavy atom. The summed E-state index contributed by atoms with van der Waals surface area (Å²) in [6.45, 7) is 0.0210. The summed E-state index contributed by atoms with van der Waals surface area (Å²) < 4.78 is 4.97. The number of nitrogens with one attached hydrogen (secondary N) is 1. The number of rotatable bonds is 3. The third-order valence-electron chi connectivity index (χ3n) is 2.63. The molecule has 0 saturated heterocycles. The van der Waals surface area contributed by atoms with E-state index in [1.165, 1.54) is 0 Å². The molecule has 0 fully saturated rings. The summed E-state index contributed by atoms with van der Waals surface area (Å²) in [6, 6.07) is 5.33. The Kier molecular flexibility index (Phi) is 2.80. The van der Waals surface area contributed by atoms with Crippen LogP contribution in [0.25, 0.3) is 11.1 Å². The van der Waals surface area contributed by atoms with Gasteiger partial charge in [-0.3, -0.25) is 4.98 Å². The summed E-state index contributed by atoms with van der Waals surface area (Å²) in [4.78, 5) is 15.5. The van der Waals surface area contributed by atoms with Crippen molar-refractivity contribution in [2.75, 3.05) is 20.7 Å². The van der Waals surface area contributed by atoms with E-state index in [1.54, 1.807) is 12.1 Å². The Balaban J connectivity index is 2.48. The summed E-state index contributed by atoms with van der Waals surface area (Å²) in [5.41, 5.74) is 2.11. The van der Waals surface area contributed by atoms with Crippen molar-refractivity contribution in [2.24, 2.45) is 0 Å². The van der Waals surface area contributed by atoms with Crippen molar-refractivity contribution in [1.82, 2.24) is 9.88 Å². The zero-order valence-corrected chi connectivity index (χ0v) is 9.23. The molecule has 0 aliphatic carbocycles. The molecule has 16 heavy (non-hydrogen) atoms. The van der Waals surface area contributed by atoms with Gasteiger partial charge >= 0.3 is 5.76 Å². The van der Waals surface area contributed by atoms with Gasteiger partial charge in [0.2, 0.25) is 0 Å². The molecule has 0 bridgehead atoms. The second-order valence-electron chi connectivity index (χ2n) is 3.93. The first-order valence-electron chi connectivity index (χ1n) is 5.02. The molecule has 1 atom stereocenters. The van der Waals surface area contributed by atoms with Gasteiger partial charge in [-0.1, -0.05) is 6.07 Å². The first kappa shape index (κ1) is 10.9. The van der Waals surface area contributed by atoms with E-state index < -0.39 is 5.76 Å². The molecule has 0 saturated carbocycles. The molecule has 5 nitrogen and oxygen atoms in total. The van der Waals surface area contributed by atoms with Crippen LogP contribution in [0.4, 0.5) is 0 Å². The minimum atomic E-state index is -0.461. The number of nitrogens with zero attached hydrogens (tertiary/aromatic N) is 1. The van der Waals surface area contributed by atoms with Crippen LogP contribution >= 0.6 is 0 Å². The summed E-state index contributed by atoms with van der Waals surface area (Å²) in [5.74, 6) is -0.461. The highest BCUT2D eigenvalue weighted by Gasteiger charge is 2.14. The van der Waals surface area contributed by atoms with Gasteiger partial charge in [0.25, 0.3) is 0 Å². The number of aliphatic hydroxyl groups is 1. The monoisotopic (exact) mass is 222 g/mol. The Labute approximate surface area is 92.3 Å². The average Bonchev–Trinajstić information content (AvgIpc) is 2.57. The van der Waals surface area contributed by atoms with Crippen LogP contribution in [-0.2, 0) is 0 Å². The van der Waals surface area contributed by atoms with Crippen molar-refractivity contribution in [3.63, 3.8) is 0 Å². The topological polar surface area (TPSA) is 69.5 Å². The highest BCUT2D eigenvalue weighted by Crippen LogP contribution is 2.21. The second-order valence-corrected chi connectivity index (χ2v) is 3.93. The molecule has 0 aliphatic rings. The molecule has 0 aliphatic heterocycles. The maximum Gasteiger partial charge on any atom is 0.417 e. The molecule has 86 valence electrons. The van der Waals surface area contributed by atoms with E-state index in [0.717, 1.165) is 5.56 Å². The van der Waals surface area contributed by atoms with Gasteiger partial charge in [0.15, 0.2) is 5.58 Å². The van der Waals surface area contributed by atoms with Crippen molar-refractivity contribution < 1.29 is 9.52 Å². The van der Waals surface area contributed by atoms with Crippen molar-refractivity contribution in [3.8, 4) is 0 Å². The average molecular weight is 222 g/mol. The number of hydrogen-bond acceptors (Lipinski definition) is 4. The summed E-state index contributed by atoms with van der Waals surface area (Å²) in [7, 11) is 3.77. The molecule has 2 N–H and O–H groups in total. The molecule has 2 aromatic rings. The van der Waals surface area contributed by atoms with Crippen LogP contribution in [0.5, 0.6) is 0 Å². The van der Waals surface area contributed by atoms with E-state index in [1.807, 2.05) is 25.1 Å². The van der Waals surface area contributed by atoms with Crippen LogP contribution < -0.4 is 5.76 Å². The van der Waals surface area contributed by atoms with Crippen LogP contribution in [0.15, 0.2) is 27.4 Å². The van der Waals surface area contributed by atoms with Crippen LogP contribution in [0.3, 0.4) is 0 Å². The van der Waals surface area contributed by atoms with Crippen molar-refractivity contribution >= 4 is 11.1 Å². The van der Waals surface area contributed by atoms with Gasteiger partial charge in [0.1, 0.15) is 0 Å². The van der Waals surface area contributed by atoms with Crippen molar-refractivity contribution in [3.05, 3.63) is 34.3 Å². The minimum Gasteiger partial charge on any atom is -0.408 e. The van der Waals surface area contributed by atoms with Crippen molar-refractivity contribution in [1.29, 1.82) is 0 Å². The predicted molar refractivity (Wildman–Crippen MR) is 60.3 cm³/mol. The lowest BCUT2D eigenvalue weighted by molar-refractivity contribution is 0.171. The fourth-order valence-electron chi connectivity index (χ4n) is 1.74. The van der Waals surface area contributed by atoms with Crippen LogP contribution in [-0.4, -0.2) is 35.7 Å². The number of aromatic nitrogens is 1. The van der Waals surface area contributed by atoms with E-state index in [0.29, 0.717) is 11.1 Å². The predicted octanol–water partition coefficient (Wildman–Crippen LogP) is 0.716. The number of oxazole rings is 1. The quantitative estimate of drug-likeness (QED) is 0.802. The number of benzene rings is 1. The van der Waals surface area contributed by atoms with Crippen LogP contribution in [0.2, 0.25) is 0 Å². The Bertz CT molecular complexity index is 541. The Morgan fingerprint density at radius 2 is 2.25 bits per heavy atom. The molecular weight excluding hydrogens is 208 g/mol. The van der Waals surface area contributed by atoms with Crippen LogP contribution in [0.1, 0.15) is 11.6 Å². The maximum atomic E-state index is 11.0. The van der Waals surface area contributed by atoms with E-state index in [9.17, 15) is 9.90 Å². The number of hydrogen-bond donors (Lipinski definition) is 2. The molecule has 2 rings (SSSR count). The zero-order chi connectivity index (χ0) is 11.7. The molecule has 0 amide bonds. The van der Waals surface area contributed by atoms with Gasteiger partial charge in [-0.05, 0) is 31.8 Å². The Hall–Kier alpha value is -1.59. The molecule has 1 aromatic carbocycles. The van der Waals surface area contributed by atoms with Gasteiger partial charge in [0, 0.05) is 0 Å². The van der Waals surface area contributed by atoms with E-state index in [2.05, 4.69) is 4.98 Å². The normalized spacial score (nSPS) is 13.5. The molecule has 1 aromatic heterocycles. The largest absolute Gasteiger partial charge is 0.417 e. The number of fused-ring (bicyclic) bond motifs is 1. The van der Waals surface area contributed by atoms with E-state index in [4.69, 9.17) is 4.42 Å². The summed E-state index contributed by atoms with van der Waals surface area (Å²) in [6.07, 6.45) is 0. The fourth-order valence-corrected chi connectivity index (χ4v) is 1.74. The molecular formula is C11H14N2O3. The third kappa shape index (κ3) is 1.87. The first-order chi connectivity index (χ1) is 7.61. The lowest BCUT2D eigenvalue weighted by atomic mass is 10.1. The molecule has 1 heterocycles. The number of likely N-dealkylation sites (N-methyl/N-ethyl adjacent to an activating group) is 1. The maximum absolute atomic E-state index is 11.0. The third-order valence-corrected chi connectivity index (χ3v) is 2.63. The second kappa shape index (κ2) is 4.11. The van der Waals surface area contributed by atoms with Gasteiger partial charge in [0.05, 0.1) is 18.2 Å². The lowest BCUT2D eigenvalue weighted by Crippen LogP contribution is -2.22. The molecule has 5 heteroatoms. The lowest BCUT2D eigenvalue weighted by Gasteiger charge is -2.22. The van der Waals surface area contributed by atoms with Gasteiger partial charge in [-0.2, -0.15) is 0 Å². The minimum absolute atomic E-state index is 0.0210. The van der Waals surface area contributed by atoms with Gasteiger partial charge in [-0.15, -0.1) is 0 Å². The highest BCUT2D eigenvalue weighted by atomic mass is 16.4. The van der Waals surface area contributed by atoms with Crippen molar-refractivity contribution in [2.45, 2.75) is 6.04 Å². The summed E-state index contributed by atoms with van der Waals surface area (Å²) in [5, 5.41) is 9.29. The molecule has 0 spiro atoms. The number of aliphatic hydroxyl groups excluding tert-OH is 1. The number of H-pyrrole nitrogens is 1. The SMILES string of the molecule is CN(C)C(CO)c1ccc2[nH]c(=O)oc2c1. The van der Waals surface area contributed by atoms with E-state index >= 15 is 0 Å². The van der Waals surface area contributed by atoms with Gasteiger partial charge < -0.3 is 14.4 Å². The molecule has 1 unspecified atom stereocenters. The Morgan fingerprint density at radius 3 is 2.88 bits per heavy atom. The highest BCUT2D eigenvalue weighted by molar-refractivity contribution is 5.72. The standard InChI is InChI=1S/C11H14N2O3/c1-13(2)9(6-14)7-3-4-8-10(5-7)16-11(15)12-8/h3-5,9,14H,6H2,1-2H3,(H,12,15). The van der Waals surface area contributed by atoms with E-state index in [-0.39, 0.29) is 12.6 Å². The summed E-state index contributed by atoms with van der Waals surface area (Å²) >= 11 is 0. The smallest absolute Gasteiger partial charge is 0.408 e. The van der Waals surface area contributed by atoms with Gasteiger partial charge in [-0.25, -0.2) is 4.79 Å². The number of aromatic amines is 1. The zero-order valence-electron chi connectivity index (χ0n) is 9.23.